The summed E-state index contributed by atoms with van der Waals surface area (Å²) in [4.78, 5) is 23.7. The van der Waals surface area contributed by atoms with Crippen LogP contribution in [0.4, 0.5) is 0 Å². The van der Waals surface area contributed by atoms with Gasteiger partial charge < -0.3 is 9.47 Å². The van der Waals surface area contributed by atoms with Crippen molar-refractivity contribution in [3.05, 3.63) is 29.8 Å². The van der Waals surface area contributed by atoms with Crippen LogP contribution in [0.1, 0.15) is 18.9 Å². The largest absolute Gasteiger partial charge is 0.494 e. The van der Waals surface area contributed by atoms with Gasteiger partial charge in [-0.25, -0.2) is 5.48 Å². The lowest BCUT2D eigenvalue weighted by molar-refractivity contribution is -0.146. The van der Waals surface area contributed by atoms with E-state index in [0.717, 1.165) is 0 Å². The molecule has 20 heavy (non-hydrogen) atoms. The Balaban J connectivity index is 2.37. The maximum Gasteiger partial charge on any atom is 0.317 e. The summed E-state index contributed by atoms with van der Waals surface area (Å²) in [5.41, 5.74) is 1.22. The van der Waals surface area contributed by atoms with E-state index in [9.17, 15) is 9.59 Å². The quantitative estimate of drug-likeness (QED) is 0.477. The fraction of sp³-hybridized carbons (Fsp3) is 0.429. The second kappa shape index (κ2) is 5.50. The normalized spacial score (nSPS) is 23.9. The summed E-state index contributed by atoms with van der Waals surface area (Å²) in [6, 6.07) is 7.02. The highest BCUT2D eigenvalue weighted by Gasteiger charge is 2.65. The van der Waals surface area contributed by atoms with Gasteiger partial charge in [0.2, 0.25) is 5.91 Å². The van der Waals surface area contributed by atoms with Crippen molar-refractivity contribution in [2.45, 2.75) is 18.8 Å². The third-order valence-corrected chi connectivity index (χ3v) is 3.60. The SMILES string of the molecule is CCOc1cccc([C@@]2(C(=O)OC)C[C@H]2C(=O)NO)c1. The smallest absolute Gasteiger partial charge is 0.317 e. The number of carbonyl (C=O) groups excluding carboxylic acids is 2. The Hall–Kier alpha value is -2.08. The average Bonchev–Trinajstić information content (AvgIpc) is 3.23. The Kier molecular flexibility index (Phi) is 3.94. The van der Waals surface area contributed by atoms with Crippen molar-refractivity contribution in [1.29, 1.82) is 0 Å². The Morgan fingerprint density at radius 2 is 2.25 bits per heavy atom. The van der Waals surface area contributed by atoms with E-state index in [-0.39, 0.29) is 0 Å². The van der Waals surface area contributed by atoms with Crippen LogP contribution >= 0.6 is 0 Å². The van der Waals surface area contributed by atoms with Crippen molar-refractivity contribution < 1.29 is 24.3 Å². The van der Waals surface area contributed by atoms with Crippen LogP contribution in [0.5, 0.6) is 5.75 Å². The lowest BCUT2D eigenvalue weighted by atomic mass is 9.92. The number of methoxy groups -OCH3 is 1. The van der Waals surface area contributed by atoms with Crippen LogP contribution in [0, 0.1) is 5.92 Å². The summed E-state index contributed by atoms with van der Waals surface area (Å²) in [5, 5.41) is 8.74. The predicted octanol–water partition coefficient (Wildman–Crippen LogP) is 1.02. The molecule has 1 amide bonds. The van der Waals surface area contributed by atoms with Crippen molar-refractivity contribution in [1.82, 2.24) is 5.48 Å². The Morgan fingerprint density at radius 1 is 1.50 bits per heavy atom. The molecule has 0 bridgehead atoms. The van der Waals surface area contributed by atoms with E-state index in [2.05, 4.69) is 0 Å². The highest BCUT2D eigenvalue weighted by Crippen LogP contribution is 2.55. The topological polar surface area (TPSA) is 84.9 Å². The van der Waals surface area contributed by atoms with Crippen molar-refractivity contribution in [2.24, 2.45) is 5.92 Å². The van der Waals surface area contributed by atoms with E-state index in [1.165, 1.54) is 7.11 Å². The molecule has 0 saturated heterocycles. The molecule has 0 aliphatic heterocycles. The van der Waals surface area contributed by atoms with E-state index in [1.807, 2.05) is 6.92 Å². The zero-order valence-electron chi connectivity index (χ0n) is 11.4. The molecule has 1 aliphatic rings. The first-order valence-electron chi connectivity index (χ1n) is 6.35. The Labute approximate surface area is 116 Å². The molecule has 0 aromatic heterocycles. The van der Waals surface area contributed by atoms with Gasteiger partial charge in [0.25, 0.3) is 0 Å². The number of benzene rings is 1. The van der Waals surface area contributed by atoms with Gasteiger partial charge in [0.05, 0.1) is 19.6 Å². The van der Waals surface area contributed by atoms with Gasteiger partial charge in [-0.2, -0.15) is 0 Å². The molecule has 6 heteroatoms. The highest BCUT2D eigenvalue weighted by atomic mass is 16.5. The monoisotopic (exact) mass is 279 g/mol. The maximum absolute atomic E-state index is 12.1. The lowest BCUT2D eigenvalue weighted by Gasteiger charge is -2.16. The lowest BCUT2D eigenvalue weighted by Crippen LogP contribution is -2.31. The number of nitrogens with one attached hydrogen (secondary N) is 1. The number of amides is 1. The van der Waals surface area contributed by atoms with Gasteiger partial charge in [0.15, 0.2) is 0 Å². The number of ether oxygens (including phenoxy) is 2. The molecule has 6 nitrogen and oxygen atoms in total. The number of hydrogen-bond acceptors (Lipinski definition) is 5. The molecular weight excluding hydrogens is 262 g/mol. The summed E-state index contributed by atoms with van der Waals surface area (Å²) in [7, 11) is 1.28. The number of carbonyl (C=O) groups is 2. The molecule has 1 aromatic rings. The van der Waals surface area contributed by atoms with Crippen molar-refractivity contribution in [2.75, 3.05) is 13.7 Å². The fourth-order valence-corrected chi connectivity index (χ4v) is 2.53. The second-order valence-corrected chi connectivity index (χ2v) is 4.66. The summed E-state index contributed by atoms with van der Waals surface area (Å²) in [6.07, 6.45) is 0.307. The molecule has 1 aliphatic carbocycles. The predicted molar refractivity (Wildman–Crippen MR) is 69.3 cm³/mol. The van der Waals surface area contributed by atoms with Crippen LogP contribution in [0.25, 0.3) is 0 Å². The molecule has 1 fully saturated rings. The molecule has 0 unspecified atom stereocenters. The summed E-state index contributed by atoms with van der Waals surface area (Å²) in [5.74, 6) is -1.07. The third-order valence-electron chi connectivity index (χ3n) is 3.60. The molecule has 108 valence electrons. The molecule has 0 spiro atoms. The first-order valence-corrected chi connectivity index (χ1v) is 6.35. The average molecular weight is 279 g/mol. The van der Waals surface area contributed by atoms with Gasteiger partial charge >= 0.3 is 5.97 Å². The maximum atomic E-state index is 12.1. The zero-order chi connectivity index (χ0) is 14.8. The van der Waals surface area contributed by atoms with Crippen molar-refractivity contribution in [3.63, 3.8) is 0 Å². The molecule has 1 saturated carbocycles. The van der Waals surface area contributed by atoms with Crippen LogP contribution in [0.2, 0.25) is 0 Å². The summed E-state index contributed by atoms with van der Waals surface area (Å²) < 4.78 is 10.2. The minimum atomic E-state index is -1.03. The molecule has 1 aromatic carbocycles. The number of hydroxylamine groups is 1. The second-order valence-electron chi connectivity index (χ2n) is 4.66. The molecular formula is C14H17NO5. The highest BCUT2D eigenvalue weighted by molar-refractivity contribution is 5.97. The van der Waals surface area contributed by atoms with Crippen LogP contribution in [0.15, 0.2) is 24.3 Å². The van der Waals surface area contributed by atoms with Crippen LogP contribution in [-0.2, 0) is 19.7 Å². The Morgan fingerprint density at radius 3 is 2.85 bits per heavy atom. The van der Waals surface area contributed by atoms with Gasteiger partial charge in [0, 0.05) is 0 Å². The van der Waals surface area contributed by atoms with E-state index >= 15 is 0 Å². The molecule has 2 atom stereocenters. The fourth-order valence-electron chi connectivity index (χ4n) is 2.53. The van der Waals surface area contributed by atoms with E-state index in [4.69, 9.17) is 14.7 Å². The third kappa shape index (κ3) is 2.22. The minimum Gasteiger partial charge on any atom is -0.494 e. The van der Waals surface area contributed by atoms with E-state index in [0.29, 0.717) is 24.3 Å². The Bertz CT molecular complexity index is 530. The van der Waals surface area contributed by atoms with Crippen molar-refractivity contribution in [3.8, 4) is 5.75 Å². The summed E-state index contributed by atoms with van der Waals surface area (Å²) >= 11 is 0. The van der Waals surface area contributed by atoms with Gasteiger partial charge in [-0.15, -0.1) is 0 Å². The minimum absolute atomic E-state index is 0.307. The number of esters is 1. The number of rotatable bonds is 5. The molecule has 2 rings (SSSR count). The van der Waals surface area contributed by atoms with Gasteiger partial charge in [-0.3, -0.25) is 14.8 Å². The van der Waals surface area contributed by atoms with Crippen LogP contribution in [0.3, 0.4) is 0 Å². The van der Waals surface area contributed by atoms with Crippen molar-refractivity contribution >= 4 is 11.9 Å². The first kappa shape index (κ1) is 14.3. The van der Waals surface area contributed by atoms with Crippen LogP contribution < -0.4 is 10.2 Å². The van der Waals surface area contributed by atoms with Gasteiger partial charge in [-0.1, -0.05) is 12.1 Å². The summed E-state index contributed by atoms with van der Waals surface area (Å²) in [6.45, 7) is 2.37. The number of hydrogen-bond donors (Lipinski definition) is 2. The molecule has 2 N–H and O–H groups in total. The standard InChI is InChI=1S/C14H17NO5/c1-3-20-10-6-4-5-9(7-10)14(13(17)19-2)8-11(14)12(16)15-18/h4-7,11,18H,3,8H2,1-2H3,(H,15,16)/t11-,14-/m0/s1. The van der Waals surface area contributed by atoms with Gasteiger partial charge in [-0.05, 0) is 31.0 Å². The van der Waals surface area contributed by atoms with E-state index < -0.39 is 23.2 Å². The first-order chi connectivity index (χ1) is 9.59. The zero-order valence-corrected chi connectivity index (χ0v) is 11.4. The van der Waals surface area contributed by atoms with Gasteiger partial charge in [0.1, 0.15) is 11.2 Å². The van der Waals surface area contributed by atoms with E-state index in [1.54, 1.807) is 29.7 Å². The molecule has 0 radical (unpaired) electrons. The van der Waals surface area contributed by atoms with Crippen LogP contribution in [-0.4, -0.2) is 30.8 Å². The molecule has 0 heterocycles.